The van der Waals surface area contributed by atoms with Crippen LogP contribution in [-0.2, 0) is 6.18 Å². The van der Waals surface area contributed by atoms with E-state index in [9.17, 15) is 13.2 Å². The molecule has 6 heteroatoms. The van der Waals surface area contributed by atoms with Crippen molar-refractivity contribution in [2.24, 2.45) is 0 Å². The van der Waals surface area contributed by atoms with Gasteiger partial charge in [-0.15, -0.1) is 0 Å². The van der Waals surface area contributed by atoms with E-state index in [0.29, 0.717) is 0 Å². The normalized spacial score (nSPS) is 17.9. The molecule has 1 N–H and O–H groups in total. The first-order valence-electron chi connectivity index (χ1n) is 8.32. The Morgan fingerprint density at radius 3 is 2.40 bits per heavy atom. The van der Waals surface area contributed by atoms with Crippen molar-refractivity contribution in [2.45, 2.75) is 18.6 Å². The maximum absolute atomic E-state index is 12.9. The quantitative estimate of drug-likeness (QED) is 0.774. The van der Waals surface area contributed by atoms with E-state index < -0.39 is 11.7 Å². The zero-order valence-corrected chi connectivity index (χ0v) is 15.3. The first-order valence-corrected chi connectivity index (χ1v) is 9.12. The molecule has 0 bridgehead atoms. The molecule has 0 aliphatic carbocycles. The zero-order valence-electron chi connectivity index (χ0n) is 13.7. The number of nitrogens with zero attached hydrogens (tertiary/aromatic N) is 1. The Bertz CT molecular complexity index is 693. The minimum atomic E-state index is -4.31. The van der Waals surface area contributed by atoms with Gasteiger partial charge < -0.3 is 5.32 Å². The van der Waals surface area contributed by atoms with Gasteiger partial charge in [0.25, 0.3) is 0 Å². The number of alkyl halides is 3. The number of benzene rings is 2. The zero-order chi connectivity index (χ0) is 17.9. The van der Waals surface area contributed by atoms with Crippen LogP contribution in [0.5, 0.6) is 0 Å². The molecule has 0 amide bonds. The molecule has 3 rings (SSSR count). The third-order valence-electron chi connectivity index (χ3n) is 4.46. The summed E-state index contributed by atoms with van der Waals surface area (Å²) in [5.41, 5.74) is 1.35. The molecule has 1 aliphatic heterocycles. The van der Waals surface area contributed by atoms with Crippen LogP contribution in [0, 0.1) is 0 Å². The fraction of sp³-hybridized carbons (Fsp3) is 0.368. The predicted octanol–water partition coefficient (Wildman–Crippen LogP) is 4.85. The monoisotopic (exact) mass is 412 g/mol. The maximum atomic E-state index is 12.9. The lowest BCUT2D eigenvalue weighted by Gasteiger charge is -2.31. The molecule has 0 spiro atoms. The molecule has 1 saturated heterocycles. The van der Waals surface area contributed by atoms with E-state index in [2.05, 4.69) is 26.1 Å². The number of nitrogens with one attached hydrogen (secondary N) is 1. The van der Waals surface area contributed by atoms with E-state index >= 15 is 0 Å². The van der Waals surface area contributed by atoms with Crippen LogP contribution in [-0.4, -0.2) is 31.1 Å². The van der Waals surface area contributed by atoms with Crippen LogP contribution in [0.25, 0.3) is 0 Å². The van der Waals surface area contributed by atoms with Crippen LogP contribution >= 0.6 is 15.9 Å². The Morgan fingerprint density at radius 1 is 0.960 bits per heavy atom. The van der Waals surface area contributed by atoms with Gasteiger partial charge in [0.05, 0.1) is 11.6 Å². The van der Waals surface area contributed by atoms with Crippen LogP contribution in [0.2, 0.25) is 0 Å². The second kappa shape index (κ2) is 7.89. The Labute approximate surface area is 154 Å². The van der Waals surface area contributed by atoms with Gasteiger partial charge in [0.1, 0.15) is 0 Å². The highest BCUT2D eigenvalue weighted by molar-refractivity contribution is 9.10. The van der Waals surface area contributed by atoms with E-state index in [1.54, 1.807) is 12.1 Å². The Morgan fingerprint density at radius 2 is 1.72 bits per heavy atom. The third-order valence-corrected chi connectivity index (χ3v) is 4.95. The average Bonchev–Trinajstić information content (AvgIpc) is 2.84. The average molecular weight is 413 g/mol. The summed E-state index contributed by atoms with van der Waals surface area (Å²) < 4.78 is 39.6. The molecule has 1 heterocycles. The van der Waals surface area contributed by atoms with Crippen molar-refractivity contribution in [2.75, 3.05) is 26.2 Å². The van der Waals surface area contributed by atoms with Gasteiger partial charge in [0.2, 0.25) is 0 Å². The second-order valence-corrected chi connectivity index (χ2v) is 7.13. The Kier molecular flexibility index (Phi) is 5.81. The van der Waals surface area contributed by atoms with Gasteiger partial charge in [-0.25, -0.2) is 0 Å². The van der Waals surface area contributed by atoms with Gasteiger partial charge >= 0.3 is 6.18 Å². The SMILES string of the molecule is FC(F)(F)c1ccc(C(c2cccc(Br)c2)N2CCCNCC2)cc1. The lowest BCUT2D eigenvalue weighted by atomic mass is 9.96. The van der Waals surface area contributed by atoms with E-state index in [1.807, 2.05) is 24.3 Å². The molecule has 2 nitrogen and oxygen atoms in total. The van der Waals surface area contributed by atoms with Crippen molar-refractivity contribution >= 4 is 15.9 Å². The van der Waals surface area contributed by atoms with Crippen molar-refractivity contribution in [3.05, 3.63) is 69.7 Å². The molecule has 0 aromatic heterocycles. The second-order valence-electron chi connectivity index (χ2n) is 6.22. The van der Waals surface area contributed by atoms with Gasteiger partial charge in [-0.05, 0) is 48.4 Å². The van der Waals surface area contributed by atoms with Gasteiger partial charge in [-0.1, -0.05) is 40.2 Å². The summed E-state index contributed by atoms with van der Waals surface area (Å²) in [5, 5.41) is 3.38. The van der Waals surface area contributed by atoms with Gasteiger partial charge in [0.15, 0.2) is 0 Å². The van der Waals surface area contributed by atoms with E-state index in [4.69, 9.17) is 0 Å². The summed E-state index contributed by atoms with van der Waals surface area (Å²) in [4.78, 5) is 2.34. The molecule has 1 unspecified atom stereocenters. The summed E-state index contributed by atoms with van der Waals surface area (Å²) in [6.07, 6.45) is -3.29. The summed E-state index contributed by atoms with van der Waals surface area (Å²) >= 11 is 3.50. The van der Waals surface area contributed by atoms with Gasteiger partial charge in [0, 0.05) is 24.1 Å². The molecule has 0 radical (unpaired) electrons. The number of halogens is 4. The molecule has 1 aliphatic rings. The largest absolute Gasteiger partial charge is 0.416 e. The highest BCUT2D eigenvalue weighted by atomic mass is 79.9. The number of hydrogen-bond acceptors (Lipinski definition) is 2. The fourth-order valence-corrected chi connectivity index (χ4v) is 3.69. The smallest absolute Gasteiger partial charge is 0.315 e. The molecule has 1 fully saturated rings. The molecule has 2 aromatic carbocycles. The number of hydrogen-bond donors (Lipinski definition) is 1. The van der Waals surface area contributed by atoms with Crippen molar-refractivity contribution in [1.82, 2.24) is 10.2 Å². The molecule has 0 saturated carbocycles. The van der Waals surface area contributed by atoms with Crippen molar-refractivity contribution < 1.29 is 13.2 Å². The first kappa shape index (κ1) is 18.4. The molecular weight excluding hydrogens is 393 g/mol. The molecule has 25 heavy (non-hydrogen) atoms. The highest BCUT2D eigenvalue weighted by Crippen LogP contribution is 2.34. The van der Waals surface area contributed by atoms with Crippen LogP contribution in [0.3, 0.4) is 0 Å². The van der Waals surface area contributed by atoms with Crippen molar-refractivity contribution in [1.29, 1.82) is 0 Å². The standard InChI is InChI=1S/C19H20BrF3N2/c20-17-4-1-3-15(13-17)18(25-11-2-9-24-10-12-25)14-5-7-16(8-6-14)19(21,22)23/h1,3-8,13,18,24H,2,9-12H2. The lowest BCUT2D eigenvalue weighted by Crippen LogP contribution is -2.33. The fourth-order valence-electron chi connectivity index (χ4n) is 3.27. The highest BCUT2D eigenvalue weighted by Gasteiger charge is 2.31. The first-order chi connectivity index (χ1) is 11.9. The van der Waals surface area contributed by atoms with Crippen molar-refractivity contribution in [3.8, 4) is 0 Å². The van der Waals surface area contributed by atoms with Gasteiger partial charge in [-0.2, -0.15) is 13.2 Å². The van der Waals surface area contributed by atoms with E-state index in [0.717, 1.165) is 48.2 Å². The minimum absolute atomic E-state index is 0.0558. The van der Waals surface area contributed by atoms with E-state index in [-0.39, 0.29) is 6.04 Å². The summed E-state index contributed by atoms with van der Waals surface area (Å²) in [6.45, 7) is 3.61. The molecule has 1 atom stereocenters. The summed E-state index contributed by atoms with van der Waals surface area (Å²) in [5.74, 6) is 0. The van der Waals surface area contributed by atoms with Gasteiger partial charge in [-0.3, -0.25) is 4.90 Å². The summed E-state index contributed by atoms with van der Waals surface area (Å²) in [6, 6.07) is 13.5. The Balaban J connectivity index is 1.98. The maximum Gasteiger partial charge on any atom is 0.416 e. The predicted molar refractivity (Wildman–Crippen MR) is 96.5 cm³/mol. The topological polar surface area (TPSA) is 15.3 Å². The summed E-state index contributed by atoms with van der Waals surface area (Å²) in [7, 11) is 0. The van der Waals surface area contributed by atoms with Crippen LogP contribution < -0.4 is 5.32 Å². The third kappa shape index (κ3) is 4.63. The van der Waals surface area contributed by atoms with Crippen LogP contribution in [0.1, 0.15) is 29.2 Å². The Hall–Kier alpha value is -1.37. The van der Waals surface area contributed by atoms with Crippen LogP contribution in [0.15, 0.2) is 53.0 Å². The number of rotatable bonds is 3. The molecule has 134 valence electrons. The minimum Gasteiger partial charge on any atom is -0.315 e. The van der Waals surface area contributed by atoms with Crippen LogP contribution in [0.4, 0.5) is 13.2 Å². The van der Waals surface area contributed by atoms with Crippen molar-refractivity contribution in [3.63, 3.8) is 0 Å². The molecular formula is C19H20BrF3N2. The lowest BCUT2D eigenvalue weighted by molar-refractivity contribution is -0.137. The molecule has 2 aromatic rings. The van der Waals surface area contributed by atoms with E-state index in [1.165, 1.54) is 12.1 Å².